The van der Waals surface area contributed by atoms with E-state index in [0.717, 1.165) is 5.56 Å². The number of carbonyl (C=O) groups is 2. The summed E-state index contributed by atoms with van der Waals surface area (Å²) < 4.78 is 0. The van der Waals surface area contributed by atoms with Crippen LogP contribution in [0.25, 0.3) is 6.08 Å². The quantitative estimate of drug-likeness (QED) is 0.617. The molecule has 1 amide bonds. The summed E-state index contributed by atoms with van der Waals surface area (Å²) in [6, 6.07) is 14.1. The monoisotopic (exact) mass is 338 g/mol. The fraction of sp³-hybridized carbons (Fsp3) is 0.105. The van der Waals surface area contributed by atoms with Crippen LogP contribution in [0.15, 0.2) is 59.2 Å². The number of hydrogen-bond acceptors (Lipinski definition) is 3. The maximum absolute atomic E-state index is 12.7. The SMILES string of the molecule is CC(=O)c1ccc(N2C(=O)/C(=C\c3ccc(Cl)cc3)N=C2C)cc1. The van der Waals surface area contributed by atoms with E-state index >= 15 is 0 Å². The standard InChI is InChI=1S/C19H15ClN2O2/c1-12(23)15-5-9-17(10-6-15)22-13(2)21-18(19(22)24)11-14-3-7-16(20)8-4-14/h3-11H,1-2H3/b18-11+. The number of Topliss-reactive ketones (excluding diaryl/α,β-unsaturated/α-hetero) is 1. The zero-order valence-electron chi connectivity index (χ0n) is 13.3. The van der Waals surface area contributed by atoms with Gasteiger partial charge in [-0.25, -0.2) is 4.99 Å². The van der Waals surface area contributed by atoms with E-state index in [2.05, 4.69) is 4.99 Å². The van der Waals surface area contributed by atoms with Gasteiger partial charge in [-0.1, -0.05) is 23.7 Å². The lowest BCUT2D eigenvalue weighted by Crippen LogP contribution is -2.30. The van der Waals surface area contributed by atoms with Crippen molar-refractivity contribution >= 4 is 40.9 Å². The molecule has 0 radical (unpaired) electrons. The van der Waals surface area contributed by atoms with Crippen molar-refractivity contribution in [2.24, 2.45) is 4.99 Å². The third-order valence-electron chi connectivity index (χ3n) is 3.73. The van der Waals surface area contributed by atoms with E-state index in [1.54, 1.807) is 49.4 Å². The Morgan fingerprint density at radius 3 is 2.29 bits per heavy atom. The molecule has 2 aromatic carbocycles. The number of ketones is 1. The number of hydrogen-bond donors (Lipinski definition) is 0. The predicted molar refractivity (Wildman–Crippen MR) is 96.5 cm³/mol. The summed E-state index contributed by atoms with van der Waals surface area (Å²) in [7, 11) is 0. The van der Waals surface area contributed by atoms with Crippen molar-refractivity contribution in [2.45, 2.75) is 13.8 Å². The molecule has 0 fully saturated rings. The van der Waals surface area contributed by atoms with Gasteiger partial charge in [-0.15, -0.1) is 0 Å². The van der Waals surface area contributed by atoms with Gasteiger partial charge >= 0.3 is 0 Å². The zero-order valence-corrected chi connectivity index (χ0v) is 14.0. The summed E-state index contributed by atoms with van der Waals surface area (Å²) in [5, 5.41) is 0.641. The highest BCUT2D eigenvalue weighted by Crippen LogP contribution is 2.25. The summed E-state index contributed by atoms with van der Waals surface area (Å²) >= 11 is 5.87. The van der Waals surface area contributed by atoms with Crippen LogP contribution in [-0.4, -0.2) is 17.5 Å². The molecule has 4 nitrogen and oxygen atoms in total. The summed E-state index contributed by atoms with van der Waals surface area (Å²) in [6.07, 6.45) is 1.73. The van der Waals surface area contributed by atoms with Gasteiger partial charge in [0.1, 0.15) is 11.5 Å². The van der Waals surface area contributed by atoms with Crippen LogP contribution in [-0.2, 0) is 4.79 Å². The second-order valence-corrected chi connectivity index (χ2v) is 5.92. The first-order chi connectivity index (χ1) is 11.5. The van der Waals surface area contributed by atoms with Crippen LogP contribution in [0.3, 0.4) is 0 Å². The third-order valence-corrected chi connectivity index (χ3v) is 3.99. The third kappa shape index (κ3) is 3.14. The summed E-state index contributed by atoms with van der Waals surface area (Å²) in [5.41, 5.74) is 2.52. The Kier molecular flexibility index (Phi) is 4.32. The van der Waals surface area contributed by atoms with Crippen LogP contribution in [0.4, 0.5) is 5.69 Å². The fourth-order valence-corrected chi connectivity index (χ4v) is 2.62. The Balaban J connectivity index is 1.90. The molecule has 0 saturated carbocycles. The molecule has 0 saturated heterocycles. The Morgan fingerprint density at radius 1 is 1.08 bits per heavy atom. The van der Waals surface area contributed by atoms with Crippen LogP contribution >= 0.6 is 11.6 Å². The lowest BCUT2D eigenvalue weighted by Gasteiger charge is -2.16. The molecule has 0 unspecified atom stereocenters. The number of amides is 1. The second kappa shape index (κ2) is 6.42. The molecule has 0 aliphatic carbocycles. The molecule has 0 spiro atoms. The van der Waals surface area contributed by atoms with Crippen LogP contribution in [0.1, 0.15) is 29.8 Å². The fourth-order valence-electron chi connectivity index (χ4n) is 2.49. The van der Waals surface area contributed by atoms with E-state index in [-0.39, 0.29) is 11.7 Å². The van der Waals surface area contributed by atoms with Gasteiger partial charge < -0.3 is 0 Å². The summed E-state index contributed by atoms with van der Waals surface area (Å²) in [6.45, 7) is 3.29. The summed E-state index contributed by atoms with van der Waals surface area (Å²) in [4.78, 5) is 29.9. The molecule has 1 heterocycles. The van der Waals surface area contributed by atoms with Gasteiger partial charge in [-0.3, -0.25) is 14.5 Å². The van der Waals surface area contributed by atoms with Crippen molar-refractivity contribution in [2.75, 3.05) is 4.90 Å². The highest BCUT2D eigenvalue weighted by atomic mass is 35.5. The minimum absolute atomic E-state index is 0.0111. The van der Waals surface area contributed by atoms with E-state index < -0.39 is 0 Å². The normalized spacial score (nSPS) is 15.8. The first-order valence-electron chi connectivity index (χ1n) is 7.44. The molecule has 0 N–H and O–H groups in total. The average molecular weight is 339 g/mol. The number of benzene rings is 2. The van der Waals surface area contributed by atoms with Crippen LogP contribution in [0, 0.1) is 0 Å². The van der Waals surface area contributed by atoms with Gasteiger partial charge in [0.25, 0.3) is 5.91 Å². The smallest absolute Gasteiger partial charge is 0.282 e. The number of rotatable bonds is 3. The van der Waals surface area contributed by atoms with Crippen molar-refractivity contribution in [1.29, 1.82) is 0 Å². The molecular weight excluding hydrogens is 324 g/mol. The molecule has 3 rings (SSSR count). The predicted octanol–water partition coefficient (Wildman–Crippen LogP) is 4.35. The lowest BCUT2D eigenvalue weighted by atomic mass is 10.1. The number of carbonyl (C=O) groups excluding carboxylic acids is 2. The number of aliphatic imine (C=N–C) groups is 1. The van der Waals surface area contributed by atoms with Gasteiger partial charge in [0.05, 0.1) is 5.69 Å². The molecule has 24 heavy (non-hydrogen) atoms. The van der Waals surface area contributed by atoms with Crippen molar-refractivity contribution in [3.63, 3.8) is 0 Å². The van der Waals surface area contributed by atoms with Gasteiger partial charge in [0, 0.05) is 10.6 Å². The topological polar surface area (TPSA) is 49.7 Å². The first-order valence-corrected chi connectivity index (χ1v) is 7.81. The minimum Gasteiger partial charge on any atom is -0.295 e. The zero-order chi connectivity index (χ0) is 17.3. The molecule has 1 aliphatic heterocycles. The molecule has 2 aromatic rings. The maximum atomic E-state index is 12.7. The lowest BCUT2D eigenvalue weighted by molar-refractivity contribution is -0.113. The van der Waals surface area contributed by atoms with Gasteiger partial charge in [-0.05, 0) is 61.9 Å². The van der Waals surface area contributed by atoms with Gasteiger partial charge in [-0.2, -0.15) is 0 Å². The van der Waals surface area contributed by atoms with E-state index in [4.69, 9.17) is 11.6 Å². The molecule has 5 heteroatoms. The number of anilines is 1. The van der Waals surface area contributed by atoms with Crippen molar-refractivity contribution in [3.8, 4) is 0 Å². The van der Waals surface area contributed by atoms with E-state index in [0.29, 0.717) is 27.8 Å². The Labute approximate surface area is 145 Å². The maximum Gasteiger partial charge on any atom is 0.282 e. The second-order valence-electron chi connectivity index (χ2n) is 5.48. The number of nitrogens with zero attached hydrogens (tertiary/aromatic N) is 2. The average Bonchev–Trinajstić information content (AvgIpc) is 2.83. The highest BCUT2D eigenvalue weighted by Gasteiger charge is 2.28. The van der Waals surface area contributed by atoms with Crippen molar-refractivity contribution in [3.05, 3.63) is 70.4 Å². The van der Waals surface area contributed by atoms with Crippen molar-refractivity contribution < 1.29 is 9.59 Å². The minimum atomic E-state index is -0.196. The van der Waals surface area contributed by atoms with Crippen LogP contribution in [0.2, 0.25) is 5.02 Å². The van der Waals surface area contributed by atoms with Crippen LogP contribution < -0.4 is 4.90 Å². The van der Waals surface area contributed by atoms with Crippen molar-refractivity contribution in [1.82, 2.24) is 0 Å². The molecule has 120 valence electrons. The first kappa shape index (κ1) is 16.1. The van der Waals surface area contributed by atoms with E-state index in [1.165, 1.54) is 11.8 Å². The molecular formula is C19H15ClN2O2. The Bertz CT molecular complexity index is 865. The van der Waals surface area contributed by atoms with Gasteiger partial charge in [0.2, 0.25) is 0 Å². The van der Waals surface area contributed by atoms with Crippen LogP contribution in [0.5, 0.6) is 0 Å². The largest absolute Gasteiger partial charge is 0.295 e. The Hall–Kier alpha value is -2.72. The molecule has 0 bridgehead atoms. The van der Waals surface area contributed by atoms with E-state index in [1.807, 2.05) is 12.1 Å². The number of halogens is 1. The number of amidine groups is 1. The van der Waals surface area contributed by atoms with Gasteiger partial charge in [0.15, 0.2) is 5.78 Å². The summed E-state index contributed by atoms with van der Waals surface area (Å²) in [5.74, 6) is 0.386. The highest BCUT2D eigenvalue weighted by molar-refractivity contribution is 6.30. The molecule has 0 aromatic heterocycles. The molecule has 1 aliphatic rings. The Morgan fingerprint density at radius 2 is 1.71 bits per heavy atom. The van der Waals surface area contributed by atoms with E-state index in [9.17, 15) is 9.59 Å². The molecule has 0 atom stereocenters.